The van der Waals surface area contributed by atoms with Crippen molar-refractivity contribution in [2.75, 3.05) is 12.4 Å². The van der Waals surface area contributed by atoms with Gasteiger partial charge < -0.3 is 10.1 Å². The predicted molar refractivity (Wildman–Crippen MR) is 95.8 cm³/mol. The van der Waals surface area contributed by atoms with Crippen LogP contribution in [0.2, 0.25) is 0 Å². The minimum atomic E-state index is -0.405. The van der Waals surface area contributed by atoms with Crippen LogP contribution in [0.1, 0.15) is 23.6 Å². The van der Waals surface area contributed by atoms with Crippen LogP contribution >= 0.6 is 0 Å². The lowest BCUT2D eigenvalue weighted by atomic mass is 10.0. The van der Waals surface area contributed by atoms with Crippen LogP contribution in [0.3, 0.4) is 0 Å². The standard InChI is InChI=1S/C20H20N2O2/c1-4-16-7-5-6-14(2)19(16)22-20(23)17(13-21)12-15-8-10-18(24-3)11-9-15/h5-12H,4H2,1-3H3,(H,22,23). The predicted octanol–water partition coefficient (Wildman–Crippen LogP) is 4.11. The number of carbonyl (C=O) groups is 1. The Morgan fingerprint density at radius 1 is 1.25 bits per heavy atom. The Morgan fingerprint density at radius 2 is 1.96 bits per heavy atom. The zero-order chi connectivity index (χ0) is 17.5. The first kappa shape index (κ1) is 17.3. The second-order valence-electron chi connectivity index (χ2n) is 5.36. The number of benzene rings is 2. The molecule has 1 N–H and O–H groups in total. The Labute approximate surface area is 142 Å². The summed E-state index contributed by atoms with van der Waals surface area (Å²) in [6.07, 6.45) is 2.38. The van der Waals surface area contributed by atoms with Gasteiger partial charge in [0.15, 0.2) is 0 Å². The topological polar surface area (TPSA) is 62.1 Å². The number of hydrogen-bond donors (Lipinski definition) is 1. The van der Waals surface area contributed by atoms with Gasteiger partial charge in [-0.2, -0.15) is 5.26 Å². The quantitative estimate of drug-likeness (QED) is 0.666. The number of carbonyl (C=O) groups excluding carboxylic acids is 1. The number of methoxy groups -OCH3 is 1. The summed E-state index contributed by atoms with van der Waals surface area (Å²) in [4.78, 5) is 12.5. The molecule has 4 nitrogen and oxygen atoms in total. The average Bonchev–Trinajstić information content (AvgIpc) is 2.61. The van der Waals surface area contributed by atoms with Crippen LogP contribution in [0.15, 0.2) is 48.0 Å². The van der Waals surface area contributed by atoms with E-state index in [4.69, 9.17) is 4.74 Å². The van der Waals surface area contributed by atoms with E-state index in [1.165, 1.54) is 0 Å². The molecule has 0 heterocycles. The number of anilines is 1. The maximum Gasteiger partial charge on any atom is 0.266 e. The van der Waals surface area contributed by atoms with Crippen molar-refractivity contribution in [2.45, 2.75) is 20.3 Å². The lowest BCUT2D eigenvalue weighted by Gasteiger charge is -2.12. The van der Waals surface area contributed by atoms with Crippen molar-refractivity contribution in [1.82, 2.24) is 0 Å². The van der Waals surface area contributed by atoms with Crippen LogP contribution in [-0.2, 0) is 11.2 Å². The Balaban J connectivity index is 2.26. The highest BCUT2D eigenvalue weighted by molar-refractivity contribution is 6.10. The highest BCUT2D eigenvalue weighted by Gasteiger charge is 2.13. The van der Waals surface area contributed by atoms with E-state index in [2.05, 4.69) is 5.32 Å². The van der Waals surface area contributed by atoms with Crippen LogP contribution in [0.4, 0.5) is 5.69 Å². The Kier molecular flexibility index (Phi) is 5.75. The number of amides is 1. The van der Waals surface area contributed by atoms with Crippen LogP contribution in [-0.4, -0.2) is 13.0 Å². The highest BCUT2D eigenvalue weighted by Crippen LogP contribution is 2.22. The van der Waals surface area contributed by atoms with Crippen molar-refractivity contribution in [1.29, 1.82) is 5.26 Å². The summed E-state index contributed by atoms with van der Waals surface area (Å²) in [5.74, 6) is 0.319. The van der Waals surface area contributed by atoms with Gasteiger partial charge in [-0.05, 0) is 48.2 Å². The fourth-order valence-electron chi connectivity index (χ4n) is 2.40. The molecule has 122 valence electrons. The molecular formula is C20H20N2O2. The van der Waals surface area contributed by atoms with E-state index in [-0.39, 0.29) is 5.57 Å². The van der Waals surface area contributed by atoms with Crippen molar-refractivity contribution in [3.8, 4) is 11.8 Å². The normalized spacial score (nSPS) is 10.8. The molecule has 0 atom stereocenters. The second-order valence-corrected chi connectivity index (χ2v) is 5.36. The van der Waals surface area contributed by atoms with Crippen molar-refractivity contribution in [3.05, 3.63) is 64.7 Å². The molecular weight excluding hydrogens is 300 g/mol. The van der Waals surface area contributed by atoms with E-state index in [0.717, 1.165) is 34.5 Å². The molecule has 0 saturated heterocycles. The minimum absolute atomic E-state index is 0.0606. The number of hydrogen-bond acceptors (Lipinski definition) is 3. The van der Waals surface area contributed by atoms with Crippen LogP contribution in [0.5, 0.6) is 5.75 Å². The van der Waals surface area contributed by atoms with Crippen LogP contribution in [0, 0.1) is 18.3 Å². The lowest BCUT2D eigenvalue weighted by molar-refractivity contribution is -0.112. The third kappa shape index (κ3) is 4.02. The molecule has 2 aromatic rings. The molecule has 0 aliphatic carbocycles. The van der Waals surface area contributed by atoms with Crippen molar-refractivity contribution in [3.63, 3.8) is 0 Å². The Morgan fingerprint density at radius 3 is 2.54 bits per heavy atom. The summed E-state index contributed by atoms with van der Waals surface area (Å²) in [5, 5.41) is 12.2. The number of nitriles is 1. The van der Waals surface area contributed by atoms with Crippen molar-refractivity contribution in [2.24, 2.45) is 0 Å². The second kappa shape index (κ2) is 7.98. The molecule has 0 aliphatic heterocycles. The lowest BCUT2D eigenvalue weighted by Crippen LogP contribution is -2.15. The minimum Gasteiger partial charge on any atom is -0.497 e. The number of rotatable bonds is 5. The van der Waals surface area contributed by atoms with E-state index in [1.54, 1.807) is 37.5 Å². The van der Waals surface area contributed by atoms with Gasteiger partial charge in [-0.25, -0.2) is 0 Å². The summed E-state index contributed by atoms with van der Waals surface area (Å²) >= 11 is 0. The van der Waals surface area contributed by atoms with E-state index in [9.17, 15) is 10.1 Å². The molecule has 1 amide bonds. The van der Waals surface area contributed by atoms with Gasteiger partial charge in [0, 0.05) is 5.69 Å². The van der Waals surface area contributed by atoms with E-state index in [0.29, 0.717) is 0 Å². The summed E-state index contributed by atoms with van der Waals surface area (Å²) < 4.78 is 5.10. The van der Waals surface area contributed by atoms with Gasteiger partial charge in [0.2, 0.25) is 0 Å². The molecule has 0 bridgehead atoms. The first-order valence-corrected chi connectivity index (χ1v) is 7.74. The monoisotopic (exact) mass is 320 g/mol. The Hall–Kier alpha value is -3.06. The molecule has 2 rings (SSSR count). The van der Waals surface area contributed by atoms with E-state index in [1.807, 2.05) is 38.1 Å². The SMILES string of the molecule is CCc1cccc(C)c1NC(=O)C(C#N)=Cc1ccc(OC)cc1. The largest absolute Gasteiger partial charge is 0.497 e. The number of aryl methyl sites for hydroxylation is 2. The fraction of sp³-hybridized carbons (Fsp3) is 0.200. The maximum absolute atomic E-state index is 12.5. The average molecular weight is 320 g/mol. The van der Waals surface area contributed by atoms with Gasteiger partial charge in [0.05, 0.1) is 7.11 Å². The molecule has 0 saturated carbocycles. The molecule has 0 aromatic heterocycles. The molecule has 4 heteroatoms. The van der Waals surface area contributed by atoms with E-state index >= 15 is 0 Å². The maximum atomic E-state index is 12.5. The molecule has 0 unspecified atom stereocenters. The molecule has 0 fully saturated rings. The number of nitrogens with one attached hydrogen (secondary N) is 1. The van der Waals surface area contributed by atoms with Gasteiger partial charge >= 0.3 is 0 Å². The zero-order valence-electron chi connectivity index (χ0n) is 14.1. The first-order valence-electron chi connectivity index (χ1n) is 7.74. The number of para-hydroxylation sites is 1. The summed E-state index contributed by atoms with van der Waals surface area (Å²) in [6.45, 7) is 3.97. The summed E-state index contributed by atoms with van der Waals surface area (Å²) in [6, 6.07) is 15.0. The molecule has 2 aromatic carbocycles. The van der Waals surface area contributed by atoms with Gasteiger partial charge in [0.25, 0.3) is 5.91 Å². The first-order chi connectivity index (χ1) is 11.6. The summed E-state index contributed by atoms with van der Waals surface area (Å²) in [7, 11) is 1.59. The zero-order valence-corrected chi connectivity index (χ0v) is 14.1. The van der Waals surface area contributed by atoms with Crippen molar-refractivity contribution >= 4 is 17.7 Å². The van der Waals surface area contributed by atoms with Gasteiger partial charge in [-0.15, -0.1) is 0 Å². The van der Waals surface area contributed by atoms with Crippen LogP contribution < -0.4 is 10.1 Å². The van der Waals surface area contributed by atoms with Crippen molar-refractivity contribution < 1.29 is 9.53 Å². The third-order valence-corrected chi connectivity index (χ3v) is 3.77. The van der Waals surface area contributed by atoms with Gasteiger partial charge in [-0.3, -0.25) is 4.79 Å². The number of ether oxygens (including phenoxy) is 1. The van der Waals surface area contributed by atoms with Gasteiger partial charge in [-0.1, -0.05) is 37.3 Å². The molecule has 0 radical (unpaired) electrons. The molecule has 0 spiro atoms. The number of nitrogens with zero attached hydrogens (tertiary/aromatic N) is 1. The fourth-order valence-corrected chi connectivity index (χ4v) is 2.40. The molecule has 0 aliphatic rings. The highest BCUT2D eigenvalue weighted by atomic mass is 16.5. The molecule has 24 heavy (non-hydrogen) atoms. The third-order valence-electron chi connectivity index (χ3n) is 3.77. The van der Waals surface area contributed by atoms with Crippen LogP contribution in [0.25, 0.3) is 6.08 Å². The Bertz CT molecular complexity index is 799. The van der Waals surface area contributed by atoms with Gasteiger partial charge in [0.1, 0.15) is 17.4 Å². The summed E-state index contributed by atoms with van der Waals surface area (Å²) in [5.41, 5.74) is 3.63. The smallest absolute Gasteiger partial charge is 0.266 e. The van der Waals surface area contributed by atoms with E-state index < -0.39 is 5.91 Å².